The van der Waals surface area contributed by atoms with Crippen molar-refractivity contribution < 1.29 is 23.5 Å². The highest BCUT2D eigenvalue weighted by Crippen LogP contribution is 2.29. The Balaban J connectivity index is 2.97. The van der Waals surface area contributed by atoms with E-state index in [1.54, 1.807) is 33.8 Å². The van der Waals surface area contributed by atoms with E-state index in [1.807, 2.05) is 0 Å². The van der Waals surface area contributed by atoms with Crippen LogP contribution >= 0.6 is 11.6 Å². The molecule has 0 aromatic heterocycles. The molecule has 0 aliphatic heterocycles. The van der Waals surface area contributed by atoms with Crippen LogP contribution in [0.2, 0.25) is 5.02 Å². The number of alkyl carbamates (subject to hydrolysis) is 1. The molecule has 0 heterocycles. The van der Waals surface area contributed by atoms with Gasteiger partial charge in [0.15, 0.2) is 0 Å². The predicted octanol–water partition coefficient (Wildman–Crippen LogP) is 3.59. The molecule has 1 atom stereocenters. The lowest BCUT2D eigenvalue weighted by Gasteiger charge is -2.25. The molecule has 1 aromatic rings. The fraction of sp³-hybridized carbons (Fsp3) is 0.500. The number of carbonyl (C=O) groups excluding carboxylic acids is 2. The topological polar surface area (TPSA) is 64.6 Å². The number of nitrogens with one attached hydrogen (secondary N) is 1. The lowest BCUT2D eigenvalue weighted by Crippen LogP contribution is -2.45. The van der Waals surface area contributed by atoms with Crippen molar-refractivity contribution in [3.8, 4) is 0 Å². The van der Waals surface area contributed by atoms with Crippen LogP contribution in [-0.2, 0) is 19.9 Å². The number of rotatable bonds is 5. The summed E-state index contributed by atoms with van der Waals surface area (Å²) < 4.78 is 25.1. The van der Waals surface area contributed by atoms with Crippen LogP contribution in [0.25, 0.3) is 0 Å². The first-order chi connectivity index (χ1) is 10.6. The number of alkyl halides is 1. The van der Waals surface area contributed by atoms with Gasteiger partial charge < -0.3 is 14.8 Å². The monoisotopic (exact) mass is 345 g/mol. The Kier molecular flexibility index (Phi) is 6.38. The van der Waals surface area contributed by atoms with E-state index in [0.29, 0.717) is 0 Å². The van der Waals surface area contributed by atoms with Crippen molar-refractivity contribution in [1.29, 1.82) is 0 Å². The number of ether oxygens (including phenoxy) is 2. The molecule has 0 saturated heterocycles. The fourth-order valence-corrected chi connectivity index (χ4v) is 1.97. The molecule has 1 aromatic carbocycles. The van der Waals surface area contributed by atoms with E-state index < -0.39 is 29.9 Å². The lowest BCUT2D eigenvalue weighted by atomic mass is 9.95. The summed E-state index contributed by atoms with van der Waals surface area (Å²) >= 11 is 5.85. The summed E-state index contributed by atoms with van der Waals surface area (Å²) in [5.74, 6) is -1.10. The molecule has 0 aliphatic rings. The number of hydrogen-bond acceptors (Lipinski definition) is 4. The Morgan fingerprint density at radius 2 is 1.96 bits per heavy atom. The summed E-state index contributed by atoms with van der Waals surface area (Å²) in [7, 11) is 0. The SMILES string of the molecule is CCOC(=O)[C@@](F)(CNC(=O)OC(C)(C)C)c1cccc(Cl)c1. The Bertz CT molecular complexity index is 573. The number of amides is 1. The van der Waals surface area contributed by atoms with E-state index in [9.17, 15) is 9.59 Å². The number of esters is 1. The second kappa shape index (κ2) is 7.64. The Morgan fingerprint density at radius 1 is 1.30 bits per heavy atom. The van der Waals surface area contributed by atoms with E-state index in [-0.39, 0.29) is 17.2 Å². The molecular weight excluding hydrogens is 325 g/mol. The number of hydrogen-bond donors (Lipinski definition) is 1. The zero-order valence-electron chi connectivity index (χ0n) is 13.6. The zero-order chi connectivity index (χ0) is 17.7. The van der Waals surface area contributed by atoms with Gasteiger partial charge in [0, 0.05) is 10.6 Å². The van der Waals surface area contributed by atoms with Crippen molar-refractivity contribution in [2.24, 2.45) is 0 Å². The van der Waals surface area contributed by atoms with E-state index in [0.717, 1.165) is 0 Å². The molecule has 0 bridgehead atoms. The third kappa shape index (κ3) is 5.71. The highest BCUT2D eigenvalue weighted by atomic mass is 35.5. The molecule has 7 heteroatoms. The molecule has 5 nitrogen and oxygen atoms in total. The largest absolute Gasteiger partial charge is 0.463 e. The molecule has 0 spiro atoms. The average molecular weight is 346 g/mol. The van der Waals surface area contributed by atoms with Crippen molar-refractivity contribution in [3.63, 3.8) is 0 Å². The van der Waals surface area contributed by atoms with Crippen molar-refractivity contribution >= 4 is 23.7 Å². The molecule has 0 fully saturated rings. The highest BCUT2D eigenvalue weighted by Gasteiger charge is 2.43. The fourth-order valence-electron chi connectivity index (χ4n) is 1.78. The van der Waals surface area contributed by atoms with Crippen molar-refractivity contribution in [1.82, 2.24) is 5.32 Å². The first kappa shape index (κ1) is 19.2. The van der Waals surface area contributed by atoms with Gasteiger partial charge in [-0.3, -0.25) is 0 Å². The highest BCUT2D eigenvalue weighted by molar-refractivity contribution is 6.30. The minimum Gasteiger partial charge on any atom is -0.463 e. The van der Waals surface area contributed by atoms with Crippen LogP contribution < -0.4 is 5.32 Å². The van der Waals surface area contributed by atoms with E-state index in [4.69, 9.17) is 21.1 Å². The van der Waals surface area contributed by atoms with Gasteiger partial charge in [-0.1, -0.05) is 23.7 Å². The van der Waals surface area contributed by atoms with Gasteiger partial charge in [-0.2, -0.15) is 0 Å². The number of carbonyl (C=O) groups is 2. The van der Waals surface area contributed by atoms with Crippen LogP contribution in [0.4, 0.5) is 9.18 Å². The molecule has 0 aliphatic carbocycles. The van der Waals surface area contributed by atoms with Crippen LogP contribution in [0.3, 0.4) is 0 Å². The summed E-state index contributed by atoms with van der Waals surface area (Å²) in [6.45, 7) is 5.99. The summed E-state index contributed by atoms with van der Waals surface area (Å²) in [4.78, 5) is 23.7. The van der Waals surface area contributed by atoms with Gasteiger partial charge in [-0.05, 0) is 39.8 Å². The van der Waals surface area contributed by atoms with Crippen LogP contribution in [-0.4, -0.2) is 30.8 Å². The van der Waals surface area contributed by atoms with Gasteiger partial charge in [0.1, 0.15) is 5.60 Å². The number of benzene rings is 1. The second-order valence-electron chi connectivity index (χ2n) is 5.89. The first-order valence-corrected chi connectivity index (χ1v) is 7.55. The van der Waals surface area contributed by atoms with Crippen molar-refractivity contribution in [3.05, 3.63) is 34.9 Å². The molecule has 1 N–H and O–H groups in total. The second-order valence-corrected chi connectivity index (χ2v) is 6.32. The minimum atomic E-state index is -2.56. The Hall–Kier alpha value is -1.82. The molecule has 0 radical (unpaired) electrons. The molecule has 1 rings (SSSR count). The molecule has 128 valence electrons. The maximum Gasteiger partial charge on any atom is 0.407 e. The Morgan fingerprint density at radius 3 is 2.48 bits per heavy atom. The first-order valence-electron chi connectivity index (χ1n) is 7.17. The Labute approximate surface area is 140 Å². The van der Waals surface area contributed by atoms with Crippen LogP contribution in [0.1, 0.15) is 33.3 Å². The molecule has 0 saturated carbocycles. The van der Waals surface area contributed by atoms with E-state index >= 15 is 4.39 Å². The summed E-state index contributed by atoms with van der Waals surface area (Å²) in [5.41, 5.74) is -3.29. The van der Waals surface area contributed by atoms with E-state index in [1.165, 1.54) is 18.2 Å². The molecule has 23 heavy (non-hydrogen) atoms. The smallest absolute Gasteiger partial charge is 0.407 e. The van der Waals surface area contributed by atoms with E-state index in [2.05, 4.69) is 5.32 Å². The van der Waals surface area contributed by atoms with Crippen molar-refractivity contribution in [2.45, 2.75) is 39.0 Å². The average Bonchev–Trinajstić information content (AvgIpc) is 2.43. The van der Waals surface area contributed by atoms with Gasteiger partial charge in [-0.25, -0.2) is 14.0 Å². The summed E-state index contributed by atoms with van der Waals surface area (Å²) in [6.07, 6.45) is -0.828. The van der Waals surface area contributed by atoms with Crippen LogP contribution in [0, 0.1) is 0 Å². The summed E-state index contributed by atoms with van der Waals surface area (Å²) in [5, 5.41) is 2.53. The normalized spacial score (nSPS) is 13.8. The summed E-state index contributed by atoms with van der Waals surface area (Å²) in [6, 6.07) is 5.78. The molecule has 1 amide bonds. The van der Waals surface area contributed by atoms with Crippen LogP contribution in [0.15, 0.2) is 24.3 Å². The van der Waals surface area contributed by atoms with Gasteiger partial charge in [-0.15, -0.1) is 0 Å². The van der Waals surface area contributed by atoms with Gasteiger partial charge in [0.05, 0.1) is 13.2 Å². The third-order valence-corrected chi connectivity index (χ3v) is 2.99. The maximum atomic E-state index is 15.3. The van der Waals surface area contributed by atoms with Gasteiger partial charge >= 0.3 is 12.1 Å². The minimum absolute atomic E-state index is 0.000455. The zero-order valence-corrected chi connectivity index (χ0v) is 14.4. The van der Waals surface area contributed by atoms with Gasteiger partial charge in [0.2, 0.25) is 5.67 Å². The number of halogens is 2. The predicted molar refractivity (Wildman–Crippen MR) is 85.1 cm³/mol. The quantitative estimate of drug-likeness (QED) is 0.828. The molecular formula is C16H21ClFNO4. The lowest BCUT2D eigenvalue weighted by molar-refractivity contribution is -0.157. The van der Waals surface area contributed by atoms with Crippen molar-refractivity contribution in [2.75, 3.05) is 13.2 Å². The van der Waals surface area contributed by atoms with Gasteiger partial charge in [0.25, 0.3) is 0 Å². The third-order valence-electron chi connectivity index (χ3n) is 2.76. The van der Waals surface area contributed by atoms with Crippen LogP contribution in [0.5, 0.6) is 0 Å². The molecule has 0 unspecified atom stereocenters. The maximum absolute atomic E-state index is 15.3. The standard InChI is InChI=1S/C16H21ClFNO4/c1-5-22-13(20)16(18,11-7-6-8-12(17)9-11)10-19-14(21)23-15(2,3)4/h6-9H,5,10H2,1-4H3,(H,19,21)/t16-/m1/s1.